The van der Waals surface area contributed by atoms with Crippen LogP contribution in [-0.4, -0.2) is 11.0 Å². The molecule has 0 fully saturated rings. The summed E-state index contributed by atoms with van der Waals surface area (Å²) < 4.78 is 1.15. The minimum atomic E-state index is 0.423. The molecule has 0 heterocycles. The topological polar surface area (TPSA) is 26.0 Å². The van der Waals surface area contributed by atoms with Crippen molar-refractivity contribution >= 4 is 22.6 Å². The van der Waals surface area contributed by atoms with Crippen molar-refractivity contribution in [3.05, 3.63) is 0 Å². The smallest absolute Gasteiger partial charge is 0.0332 e. The molecule has 0 aromatic heterocycles. The zero-order valence-electron chi connectivity index (χ0n) is 5.65. The van der Waals surface area contributed by atoms with Gasteiger partial charge in [-0.2, -0.15) is 0 Å². The maximum atomic E-state index is 5.44. The van der Waals surface area contributed by atoms with Crippen molar-refractivity contribution in [2.24, 2.45) is 11.7 Å². The van der Waals surface area contributed by atoms with Crippen LogP contribution in [0.5, 0.6) is 0 Å². The number of hydrogen-bond donors (Lipinski definition) is 1. The Morgan fingerprint density at radius 1 is 1.67 bits per heavy atom. The van der Waals surface area contributed by atoms with Crippen LogP contribution in [-0.2, 0) is 0 Å². The molecular weight excluding hydrogens is 225 g/mol. The van der Waals surface area contributed by atoms with E-state index >= 15 is 0 Å². The predicted octanol–water partition coefficient (Wildman–Crippen LogP) is 1.41. The summed E-state index contributed by atoms with van der Waals surface area (Å²) in [5, 5.41) is 0. The fourth-order valence-electron chi connectivity index (χ4n) is 0.585. The molecule has 0 saturated heterocycles. The molecule has 0 aliphatic rings. The predicted molar refractivity (Wildman–Crippen MR) is 49.5 cm³/mol. The van der Waals surface area contributed by atoms with Gasteiger partial charge in [0.1, 0.15) is 0 Å². The Bertz CT molecular complexity index is 112. The molecule has 0 bridgehead atoms. The second-order valence-corrected chi connectivity index (χ2v) is 2.88. The number of nitrogens with two attached hydrogens (primary N) is 1. The van der Waals surface area contributed by atoms with Crippen molar-refractivity contribution in [1.29, 1.82) is 0 Å². The van der Waals surface area contributed by atoms with Crippen molar-refractivity contribution in [1.82, 2.24) is 0 Å². The van der Waals surface area contributed by atoms with Crippen molar-refractivity contribution in [2.75, 3.05) is 11.0 Å². The summed E-state index contributed by atoms with van der Waals surface area (Å²) >= 11 is 2.34. The highest BCUT2D eigenvalue weighted by Gasteiger charge is 1.98. The lowest BCUT2D eigenvalue weighted by Gasteiger charge is -2.02. The summed E-state index contributed by atoms with van der Waals surface area (Å²) in [6.07, 6.45) is 1.12. The lowest BCUT2D eigenvalue weighted by Crippen LogP contribution is -2.12. The standard InChI is InChI=1S/C7H12IN/c1-2-3-7(6-9)4-5-8/h7H,4-6,9H2,1H3. The molecule has 9 heavy (non-hydrogen) atoms. The Balaban J connectivity index is 3.50. The number of rotatable bonds is 3. The first-order chi connectivity index (χ1) is 4.35. The van der Waals surface area contributed by atoms with Gasteiger partial charge in [-0.05, 0) is 13.3 Å². The van der Waals surface area contributed by atoms with Crippen LogP contribution in [0.4, 0.5) is 0 Å². The van der Waals surface area contributed by atoms with E-state index in [4.69, 9.17) is 5.73 Å². The summed E-state index contributed by atoms with van der Waals surface area (Å²) in [6.45, 7) is 2.56. The van der Waals surface area contributed by atoms with E-state index in [-0.39, 0.29) is 0 Å². The molecule has 52 valence electrons. The third-order valence-electron chi connectivity index (χ3n) is 1.09. The van der Waals surface area contributed by atoms with Gasteiger partial charge in [-0.1, -0.05) is 28.5 Å². The van der Waals surface area contributed by atoms with Gasteiger partial charge < -0.3 is 5.73 Å². The fourth-order valence-corrected chi connectivity index (χ4v) is 1.34. The maximum absolute atomic E-state index is 5.44. The Hall–Kier alpha value is 0.250. The van der Waals surface area contributed by atoms with Gasteiger partial charge in [0.2, 0.25) is 0 Å². The van der Waals surface area contributed by atoms with Gasteiger partial charge in [-0.15, -0.1) is 5.92 Å². The van der Waals surface area contributed by atoms with Crippen LogP contribution in [0.2, 0.25) is 0 Å². The number of hydrogen-bond acceptors (Lipinski definition) is 1. The highest BCUT2D eigenvalue weighted by molar-refractivity contribution is 14.1. The lowest BCUT2D eigenvalue weighted by molar-refractivity contribution is 0.672. The zero-order valence-corrected chi connectivity index (χ0v) is 7.81. The van der Waals surface area contributed by atoms with E-state index in [0.29, 0.717) is 12.5 Å². The van der Waals surface area contributed by atoms with Crippen LogP contribution in [0, 0.1) is 17.8 Å². The third kappa shape index (κ3) is 4.73. The molecule has 0 aliphatic carbocycles. The molecule has 0 aromatic carbocycles. The van der Waals surface area contributed by atoms with Crippen LogP contribution < -0.4 is 5.73 Å². The minimum Gasteiger partial charge on any atom is -0.329 e. The first kappa shape index (κ1) is 9.25. The highest BCUT2D eigenvalue weighted by Crippen LogP contribution is 2.01. The normalized spacial score (nSPS) is 11.9. The zero-order chi connectivity index (χ0) is 7.11. The van der Waals surface area contributed by atoms with E-state index in [9.17, 15) is 0 Å². The monoisotopic (exact) mass is 237 g/mol. The van der Waals surface area contributed by atoms with E-state index in [1.165, 1.54) is 0 Å². The van der Waals surface area contributed by atoms with Gasteiger partial charge in [0, 0.05) is 16.9 Å². The Morgan fingerprint density at radius 3 is 2.67 bits per heavy atom. The van der Waals surface area contributed by atoms with Crippen molar-refractivity contribution in [3.63, 3.8) is 0 Å². The average molecular weight is 237 g/mol. The van der Waals surface area contributed by atoms with Crippen LogP contribution >= 0.6 is 22.6 Å². The largest absolute Gasteiger partial charge is 0.329 e. The summed E-state index contributed by atoms with van der Waals surface area (Å²) in [4.78, 5) is 0. The van der Waals surface area contributed by atoms with Crippen LogP contribution in [0.15, 0.2) is 0 Å². The van der Waals surface area contributed by atoms with Gasteiger partial charge in [0.25, 0.3) is 0 Å². The summed E-state index contributed by atoms with van der Waals surface area (Å²) in [5.41, 5.74) is 5.44. The average Bonchev–Trinajstić information content (AvgIpc) is 1.88. The van der Waals surface area contributed by atoms with Gasteiger partial charge in [0.15, 0.2) is 0 Å². The van der Waals surface area contributed by atoms with Gasteiger partial charge in [0.05, 0.1) is 0 Å². The van der Waals surface area contributed by atoms with Gasteiger partial charge >= 0.3 is 0 Å². The second-order valence-electron chi connectivity index (χ2n) is 1.80. The van der Waals surface area contributed by atoms with Gasteiger partial charge in [-0.25, -0.2) is 0 Å². The Morgan fingerprint density at radius 2 is 2.33 bits per heavy atom. The SMILES string of the molecule is CC#CC(CN)CCI. The fraction of sp³-hybridized carbons (Fsp3) is 0.714. The first-order valence-corrected chi connectivity index (χ1v) is 4.56. The molecule has 0 amide bonds. The molecule has 0 aromatic rings. The van der Waals surface area contributed by atoms with E-state index < -0.39 is 0 Å². The highest BCUT2D eigenvalue weighted by atomic mass is 127. The van der Waals surface area contributed by atoms with Crippen LogP contribution in [0.3, 0.4) is 0 Å². The van der Waals surface area contributed by atoms with Crippen LogP contribution in [0.25, 0.3) is 0 Å². The molecule has 1 nitrogen and oxygen atoms in total. The third-order valence-corrected chi connectivity index (χ3v) is 1.71. The molecule has 0 aliphatic heterocycles. The molecule has 2 N–H and O–H groups in total. The molecule has 0 rings (SSSR count). The molecule has 1 atom stereocenters. The first-order valence-electron chi connectivity index (χ1n) is 3.03. The van der Waals surface area contributed by atoms with Gasteiger partial charge in [-0.3, -0.25) is 0 Å². The Kier molecular flexibility index (Phi) is 6.55. The Labute approximate surface area is 70.5 Å². The van der Waals surface area contributed by atoms with E-state index in [2.05, 4.69) is 34.4 Å². The van der Waals surface area contributed by atoms with E-state index in [1.807, 2.05) is 6.92 Å². The molecule has 1 unspecified atom stereocenters. The van der Waals surface area contributed by atoms with Crippen molar-refractivity contribution in [3.8, 4) is 11.8 Å². The van der Waals surface area contributed by atoms with E-state index in [1.54, 1.807) is 0 Å². The van der Waals surface area contributed by atoms with Crippen molar-refractivity contribution < 1.29 is 0 Å². The summed E-state index contributed by atoms with van der Waals surface area (Å²) in [5.74, 6) is 6.35. The summed E-state index contributed by atoms with van der Waals surface area (Å²) in [7, 11) is 0. The lowest BCUT2D eigenvalue weighted by atomic mass is 10.1. The quantitative estimate of drug-likeness (QED) is 0.448. The van der Waals surface area contributed by atoms with Crippen molar-refractivity contribution in [2.45, 2.75) is 13.3 Å². The summed E-state index contributed by atoms with van der Waals surface area (Å²) in [6, 6.07) is 0. The molecule has 0 saturated carbocycles. The molecular formula is C7H12IN. The minimum absolute atomic E-state index is 0.423. The van der Waals surface area contributed by atoms with Crippen LogP contribution in [0.1, 0.15) is 13.3 Å². The molecule has 0 radical (unpaired) electrons. The molecule has 2 heteroatoms. The second kappa shape index (κ2) is 6.37. The van der Waals surface area contributed by atoms with E-state index in [0.717, 1.165) is 10.8 Å². The maximum Gasteiger partial charge on any atom is 0.0332 e. The number of halogens is 1. The number of alkyl halides is 1. The molecule has 0 spiro atoms.